The average Bonchev–Trinajstić information content (AvgIpc) is 3.26. The summed E-state index contributed by atoms with van der Waals surface area (Å²) in [6.07, 6.45) is 9.39. The van der Waals surface area contributed by atoms with E-state index in [1.807, 2.05) is 48.7 Å². The molecule has 1 aromatic carbocycles. The first-order valence-electron chi connectivity index (χ1n) is 9.29. The standard InChI is InChI=1S/C22H22N4O/c27-21(9-8-19-6-3-5-18-7-4-11-24-22(18)19)25-16-17-10-12-23-20(15-17)26-13-1-2-14-26/h3-12,15H,1-2,13-14,16H2,(H,25,27)/b9-8+. The predicted molar refractivity (Wildman–Crippen MR) is 108 cm³/mol. The van der Waals surface area contributed by atoms with Crippen molar-refractivity contribution >= 4 is 28.7 Å². The highest BCUT2D eigenvalue weighted by Gasteiger charge is 2.13. The molecule has 0 unspecified atom stereocenters. The summed E-state index contributed by atoms with van der Waals surface area (Å²) >= 11 is 0. The maximum Gasteiger partial charge on any atom is 0.244 e. The number of carbonyl (C=O) groups is 1. The van der Waals surface area contributed by atoms with Crippen molar-refractivity contribution in [2.45, 2.75) is 19.4 Å². The van der Waals surface area contributed by atoms with Gasteiger partial charge in [-0.1, -0.05) is 24.3 Å². The highest BCUT2D eigenvalue weighted by atomic mass is 16.1. The number of amides is 1. The summed E-state index contributed by atoms with van der Waals surface area (Å²) in [4.78, 5) is 23.4. The lowest BCUT2D eigenvalue weighted by Crippen LogP contribution is -2.22. The average molecular weight is 358 g/mol. The van der Waals surface area contributed by atoms with Gasteiger partial charge in [0.05, 0.1) is 5.52 Å². The molecule has 5 nitrogen and oxygen atoms in total. The van der Waals surface area contributed by atoms with Crippen molar-refractivity contribution in [1.82, 2.24) is 15.3 Å². The van der Waals surface area contributed by atoms with Gasteiger partial charge in [0.1, 0.15) is 5.82 Å². The van der Waals surface area contributed by atoms with E-state index in [-0.39, 0.29) is 5.91 Å². The van der Waals surface area contributed by atoms with Crippen molar-refractivity contribution in [2.75, 3.05) is 18.0 Å². The van der Waals surface area contributed by atoms with Gasteiger partial charge in [0, 0.05) is 49.1 Å². The van der Waals surface area contributed by atoms with E-state index in [0.717, 1.165) is 40.9 Å². The quantitative estimate of drug-likeness (QED) is 0.709. The third kappa shape index (κ3) is 4.14. The Hall–Kier alpha value is -3.21. The van der Waals surface area contributed by atoms with Gasteiger partial charge in [0.2, 0.25) is 5.91 Å². The number of nitrogens with zero attached hydrogens (tertiary/aromatic N) is 3. The third-order valence-electron chi connectivity index (χ3n) is 4.78. The molecule has 1 saturated heterocycles. The van der Waals surface area contributed by atoms with E-state index < -0.39 is 0 Å². The van der Waals surface area contributed by atoms with Crippen molar-refractivity contribution in [2.24, 2.45) is 0 Å². The van der Waals surface area contributed by atoms with Crippen LogP contribution in [0.15, 0.2) is 60.9 Å². The molecule has 5 heteroatoms. The Kier molecular flexibility index (Phi) is 5.10. The fourth-order valence-corrected chi connectivity index (χ4v) is 3.37. The van der Waals surface area contributed by atoms with E-state index in [4.69, 9.17) is 0 Å². The summed E-state index contributed by atoms with van der Waals surface area (Å²) in [7, 11) is 0. The molecule has 1 aliphatic rings. The lowest BCUT2D eigenvalue weighted by Gasteiger charge is -2.16. The molecule has 27 heavy (non-hydrogen) atoms. The Morgan fingerprint density at radius 2 is 1.93 bits per heavy atom. The van der Waals surface area contributed by atoms with Gasteiger partial charge < -0.3 is 10.2 Å². The molecule has 0 bridgehead atoms. The molecular weight excluding hydrogens is 336 g/mol. The zero-order chi connectivity index (χ0) is 18.5. The van der Waals surface area contributed by atoms with Gasteiger partial charge in [-0.2, -0.15) is 0 Å². The van der Waals surface area contributed by atoms with Crippen LogP contribution in [0.3, 0.4) is 0 Å². The maximum absolute atomic E-state index is 12.2. The number of carbonyl (C=O) groups excluding carboxylic acids is 1. The van der Waals surface area contributed by atoms with Crippen molar-refractivity contribution in [1.29, 1.82) is 0 Å². The number of nitrogens with one attached hydrogen (secondary N) is 1. The van der Waals surface area contributed by atoms with E-state index in [9.17, 15) is 4.79 Å². The SMILES string of the molecule is O=C(/C=C/c1cccc2cccnc12)NCc1ccnc(N2CCCC2)c1. The minimum absolute atomic E-state index is 0.123. The molecule has 2 aromatic heterocycles. The van der Waals surface area contributed by atoms with E-state index in [1.165, 1.54) is 12.8 Å². The summed E-state index contributed by atoms with van der Waals surface area (Å²) < 4.78 is 0. The molecule has 1 amide bonds. The number of hydrogen-bond donors (Lipinski definition) is 1. The van der Waals surface area contributed by atoms with E-state index in [1.54, 1.807) is 12.3 Å². The molecule has 0 atom stereocenters. The summed E-state index contributed by atoms with van der Waals surface area (Å²) in [5, 5.41) is 4.00. The number of aromatic nitrogens is 2. The largest absolute Gasteiger partial charge is 0.357 e. The van der Waals surface area contributed by atoms with Crippen molar-refractivity contribution in [3.05, 3.63) is 72.1 Å². The van der Waals surface area contributed by atoms with Crippen LogP contribution in [0.25, 0.3) is 17.0 Å². The van der Waals surface area contributed by atoms with Gasteiger partial charge >= 0.3 is 0 Å². The van der Waals surface area contributed by atoms with Crippen molar-refractivity contribution in [3.63, 3.8) is 0 Å². The van der Waals surface area contributed by atoms with E-state index >= 15 is 0 Å². The molecule has 0 radical (unpaired) electrons. The highest BCUT2D eigenvalue weighted by Crippen LogP contribution is 2.19. The minimum Gasteiger partial charge on any atom is -0.357 e. The number of rotatable bonds is 5. The highest BCUT2D eigenvalue weighted by molar-refractivity contribution is 5.95. The molecule has 3 aromatic rings. The molecule has 1 fully saturated rings. The normalized spacial score (nSPS) is 14.1. The number of pyridine rings is 2. The van der Waals surface area contributed by atoms with E-state index in [2.05, 4.69) is 26.3 Å². The Morgan fingerprint density at radius 3 is 2.81 bits per heavy atom. The van der Waals surface area contributed by atoms with Crippen LogP contribution < -0.4 is 10.2 Å². The van der Waals surface area contributed by atoms with Crippen molar-refractivity contribution < 1.29 is 4.79 Å². The molecule has 3 heterocycles. The number of para-hydroxylation sites is 1. The Balaban J connectivity index is 1.39. The summed E-state index contributed by atoms with van der Waals surface area (Å²) in [6.45, 7) is 2.61. The number of hydrogen-bond acceptors (Lipinski definition) is 4. The van der Waals surface area contributed by atoms with Gasteiger partial charge in [0.15, 0.2) is 0 Å². The van der Waals surface area contributed by atoms with Gasteiger partial charge in [-0.25, -0.2) is 4.98 Å². The van der Waals surface area contributed by atoms with Crippen LogP contribution in [0.4, 0.5) is 5.82 Å². The zero-order valence-corrected chi connectivity index (χ0v) is 15.1. The Labute approximate surface area is 158 Å². The first-order chi connectivity index (χ1) is 13.3. The van der Waals surface area contributed by atoms with Crippen molar-refractivity contribution in [3.8, 4) is 0 Å². The molecular formula is C22H22N4O. The smallest absolute Gasteiger partial charge is 0.244 e. The van der Waals surface area contributed by atoms with Gasteiger partial charge in [0.25, 0.3) is 0 Å². The molecule has 1 N–H and O–H groups in total. The van der Waals surface area contributed by atoms with Crippen LogP contribution in [0.1, 0.15) is 24.0 Å². The summed E-state index contributed by atoms with van der Waals surface area (Å²) in [5.41, 5.74) is 2.89. The molecule has 136 valence electrons. The number of benzene rings is 1. The maximum atomic E-state index is 12.2. The van der Waals surface area contributed by atoms with Crippen LogP contribution in [0.2, 0.25) is 0 Å². The third-order valence-corrected chi connectivity index (χ3v) is 4.78. The first-order valence-corrected chi connectivity index (χ1v) is 9.29. The second-order valence-electron chi connectivity index (χ2n) is 6.69. The molecule has 0 aliphatic carbocycles. The van der Waals surface area contributed by atoms with Crippen LogP contribution in [-0.2, 0) is 11.3 Å². The predicted octanol–water partition coefficient (Wildman–Crippen LogP) is 3.56. The Morgan fingerprint density at radius 1 is 1.07 bits per heavy atom. The van der Waals surface area contributed by atoms with Crippen LogP contribution in [0.5, 0.6) is 0 Å². The molecule has 1 aliphatic heterocycles. The summed E-state index contributed by atoms with van der Waals surface area (Å²) in [5.74, 6) is 0.874. The number of fused-ring (bicyclic) bond motifs is 1. The molecule has 4 rings (SSSR count). The fourth-order valence-electron chi connectivity index (χ4n) is 3.37. The lowest BCUT2D eigenvalue weighted by molar-refractivity contribution is -0.116. The molecule has 0 saturated carbocycles. The Bertz CT molecular complexity index is 971. The second-order valence-corrected chi connectivity index (χ2v) is 6.69. The van der Waals surface area contributed by atoms with E-state index in [0.29, 0.717) is 6.54 Å². The lowest BCUT2D eigenvalue weighted by atomic mass is 10.1. The van der Waals surface area contributed by atoms with Crippen LogP contribution >= 0.6 is 0 Å². The number of anilines is 1. The first kappa shape index (κ1) is 17.2. The second kappa shape index (κ2) is 7.99. The van der Waals surface area contributed by atoms with Crippen LogP contribution in [0, 0.1) is 0 Å². The summed E-state index contributed by atoms with van der Waals surface area (Å²) in [6, 6.07) is 13.9. The van der Waals surface area contributed by atoms with Gasteiger partial charge in [-0.05, 0) is 42.7 Å². The van der Waals surface area contributed by atoms with Gasteiger partial charge in [-0.3, -0.25) is 9.78 Å². The topological polar surface area (TPSA) is 58.1 Å². The fraction of sp³-hybridized carbons (Fsp3) is 0.227. The molecule has 0 spiro atoms. The van der Waals surface area contributed by atoms with Crippen LogP contribution in [-0.4, -0.2) is 29.0 Å². The monoisotopic (exact) mass is 358 g/mol. The van der Waals surface area contributed by atoms with Gasteiger partial charge in [-0.15, -0.1) is 0 Å². The zero-order valence-electron chi connectivity index (χ0n) is 15.1. The minimum atomic E-state index is -0.123.